The van der Waals surface area contributed by atoms with Crippen LogP contribution >= 0.6 is 0 Å². The molecular formula is C16H14N4O2. The molecule has 0 aliphatic carbocycles. The molecule has 0 saturated carbocycles. The molecular weight excluding hydrogens is 280 g/mol. The summed E-state index contributed by atoms with van der Waals surface area (Å²) in [5.74, 6) is 0.544. The lowest BCUT2D eigenvalue weighted by Gasteiger charge is -2.18. The van der Waals surface area contributed by atoms with Crippen LogP contribution in [0.2, 0.25) is 0 Å². The van der Waals surface area contributed by atoms with E-state index in [1.807, 2.05) is 54.2 Å². The van der Waals surface area contributed by atoms with Crippen molar-refractivity contribution in [3.63, 3.8) is 0 Å². The Kier molecular flexibility index (Phi) is 2.75. The lowest BCUT2D eigenvalue weighted by Crippen LogP contribution is -2.25. The van der Waals surface area contributed by atoms with Gasteiger partial charge in [-0.2, -0.15) is 0 Å². The fourth-order valence-electron chi connectivity index (χ4n) is 2.52. The Balaban J connectivity index is 1.78. The quantitative estimate of drug-likeness (QED) is 0.761. The highest BCUT2D eigenvalue weighted by Gasteiger charge is 2.17. The monoisotopic (exact) mass is 294 g/mol. The number of carbonyl (C=O) groups excluding carboxylic acids is 1. The summed E-state index contributed by atoms with van der Waals surface area (Å²) in [6.45, 7) is 0.0630. The second-order valence-corrected chi connectivity index (χ2v) is 5.10. The van der Waals surface area contributed by atoms with Crippen molar-refractivity contribution in [2.24, 2.45) is 0 Å². The number of anilines is 2. The van der Waals surface area contributed by atoms with Crippen molar-refractivity contribution in [3.05, 3.63) is 42.7 Å². The molecule has 1 aliphatic heterocycles. The van der Waals surface area contributed by atoms with Gasteiger partial charge < -0.3 is 19.8 Å². The van der Waals surface area contributed by atoms with Crippen LogP contribution in [0.3, 0.4) is 0 Å². The molecule has 1 amide bonds. The molecule has 4 rings (SSSR count). The van der Waals surface area contributed by atoms with Crippen molar-refractivity contribution in [1.29, 1.82) is 0 Å². The zero-order valence-electron chi connectivity index (χ0n) is 12.0. The number of carbonyl (C=O) groups is 1. The molecule has 0 saturated heterocycles. The van der Waals surface area contributed by atoms with Gasteiger partial charge in [0.2, 0.25) is 0 Å². The number of ether oxygens (including phenoxy) is 1. The number of benzene rings is 1. The van der Waals surface area contributed by atoms with Gasteiger partial charge in [-0.15, -0.1) is 0 Å². The lowest BCUT2D eigenvalue weighted by molar-refractivity contribution is -0.118. The number of imidazole rings is 1. The van der Waals surface area contributed by atoms with Crippen LogP contribution in [-0.2, 0) is 4.79 Å². The molecule has 2 aromatic heterocycles. The fraction of sp³-hybridized carbons (Fsp3) is 0.125. The molecule has 0 bridgehead atoms. The minimum absolute atomic E-state index is 0.0630. The van der Waals surface area contributed by atoms with Crippen molar-refractivity contribution in [1.82, 2.24) is 9.38 Å². The smallest absolute Gasteiger partial charge is 0.262 e. The van der Waals surface area contributed by atoms with E-state index in [2.05, 4.69) is 15.6 Å². The molecule has 0 radical (unpaired) electrons. The molecule has 1 aromatic carbocycles. The van der Waals surface area contributed by atoms with Crippen LogP contribution in [0.25, 0.3) is 16.9 Å². The third kappa shape index (κ3) is 2.05. The normalized spacial score (nSPS) is 13.4. The van der Waals surface area contributed by atoms with Gasteiger partial charge in [0.25, 0.3) is 5.91 Å². The number of amides is 1. The molecule has 3 heterocycles. The van der Waals surface area contributed by atoms with E-state index in [9.17, 15) is 4.79 Å². The zero-order valence-corrected chi connectivity index (χ0v) is 12.0. The first-order valence-electron chi connectivity index (χ1n) is 6.96. The van der Waals surface area contributed by atoms with Gasteiger partial charge in [0.1, 0.15) is 11.4 Å². The van der Waals surface area contributed by atoms with E-state index in [-0.39, 0.29) is 12.5 Å². The SMILES string of the molecule is CNc1ccn2cc(-c3ccc4c(c3)NC(=O)CO4)nc2c1. The van der Waals surface area contributed by atoms with Crippen LogP contribution in [0.5, 0.6) is 5.75 Å². The second-order valence-electron chi connectivity index (χ2n) is 5.10. The first-order chi connectivity index (χ1) is 10.7. The number of nitrogens with zero attached hydrogens (tertiary/aromatic N) is 2. The van der Waals surface area contributed by atoms with E-state index in [4.69, 9.17) is 4.74 Å². The van der Waals surface area contributed by atoms with Crippen LogP contribution in [-0.4, -0.2) is 28.9 Å². The van der Waals surface area contributed by atoms with E-state index in [0.717, 1.165) is 22.6 Å². The van der Waals surface area contributed by atoms with E-state index in [0.29, 0.717) is 11.4 Å². The van der Waals surface area contributed by atoms with Crippen molar-refractivity contribution >= 4 is 22.9 Å². The van der Waals surface area contributed by atoms with E-state index in [1.165, 1.54) is 0 Å². The average Bonchev–Trinajstić information content (AvgIpc) is 2.97. The van der Waals surface area contributed by atoms with Crippen molar-refractivity contribution in [3.8, 4) is 17.0 Å². The maximum atomic E-state index is 11.4. The molecule has 22 heavy (non-hydrogen) atoms. The highest BCUT2D eigenvalue weighted by molar-refractivity contribution is 5.96. The number of fused-ring (bicyclic) bond motifs is 2. The topological polar surface area (TPSA) is 67.7 Å². The Morgan fingerprint density at radius 3 is 3.09 bits per heavy atom. The van der Waals surface area contributed by atoms with Crippen LogP contribution in [0.1, 0.15) is 0 Å². The summed E-state index contributed by atoms with van der Waals surface area (Å²) >= 11 is 0. The van der Waals surface area contributed by atoms with Gasteiger partial charge in [-0.1, -0.05) is 0 Å². The summed E-state index contributed by atoms with van der Waals surface area (Å²) in [6, 6.07) is 9.64. The predicted octanol–water partition coefficient (Wildman–Crippen LogP) is 2.37. The molecule has 1 aliphatic rings. The maximum Gasteiger partial charge on any atom is 0.262 e. The van der Waals surface area contributed by atoms with Crippen molar-refractivity contribution in [2.45, 2.75) is 0 Å². The zero-order chi connectivity index (χ0) is 15.1. The first kappa shape index (κ1) is 12.7. The number of nitrogens with one attached hydrogen (secondary N) is 2. The number of rotatable bonds is 2. The molecule has 110 valence electrons. The van der Waals surface area contributed by atoms with Crippen LogP contribution in [0.15, 0.2) is 42.7 Å². The predicted molar refractivity (Wildman–Crippen MR) is 84.3 cm³/mol. The number of hydrogen-bond donors (Lipinski definition) is 2. The van der Waals surface area contributed by atoms with E-state index >= 15 is 0 Å². The molecule has 6 heteroatoms. The van der Waals surface area contributed by atoms with Crippen LogP contribution in [0.4, 0.5) is 11.4 Å². The number of pyridine rings is 1. The van der Waals surface area contributed by atoms with Crippen molar-refractivity contribution in [2.75, 3.05) is 24.3 Å². The summed E-state index contributed by atoms with van der Waals surface area (Å²) in [6.07, 6.45) is 3.92. The van der Waals surface area contributed by atoms with Gasteiger partial charge in [-0.05, 0) is 24.3 Å². The third-order valence-electron chi connectivity index (χ3n) is 3.66. The Bertz CT molecular complexity index is 885. The highest BCUT2D eigenvalue weighted by Crippen LogP contribution is 2.32. The van der Waals surface area contributed by atoms with Gasteiger partial charge >= 0.3 is 0 Å². The molecule has 3 aromatic rings. The Morgan fingerprint density at radius 1 is 1.32 bits per heavy atom. The van der Waals surface area contributed by atoms with Gasteiger partial charge in [0, 0.05) is 36.8 Å². The Labute approximate surface area is 126 Å². The summed E-state index contributed by atoms with van der Waals surface area (Å²) in [5.41, 5.74) is 4.33. The highest BCUT2D eigenvalue weighted by atomic mass is 16.5. The molecule has 2 N–H and O–H groups in total. The number of aromatic nitrogens is 2. The van der Waals surface area contributed by atoms with Gasteiger partial charge in [0.15, 0.2) is 6.61 Å². The average molecular weight is 294 g/mol. The van der Waals surface area contributed by atoms with Gasteiger partial charge in [-0.25, -0.2) is 4.98 Å². The molecule has 0 fully saturated rings. The summed E-state index contributed by atoms with van der Waals surface area (Å²) in [4.78, 5) is 16.1. The van der Waals surface area contributed by atoms with Crippen molar-refractivity contribution < 1.29 is 9.53 Å². The fourth-order valence-corrected chi connectivity index (χ4v) is 2.52. The molecule has 0 atom stereocenters. The number of hydrogen-bond acceptors (Lipinski definition) is 4. The minimum atomic E-state index is -0.140. The molecule has 0 unspecified atom stereocenters. The van der Waals surface area contributed by atoms with Gasteiger partial charge in [-0.3, -0.25) is 4.79 Å². The van der Waals surface area contributed by atoms with Crippen LogP contribution < -0.4 is 15.4 Å². The molecule has 6 nitrogen and oxygen atoms in total. The molecule has 0 spiro atoms. The Morgan fingerprint density at radius 2 is 2.23 bits per heavy atom. The lowest BCUT2D eigenvalue weighted by atomic mass is 10.1. The minimum Gasteiger partial charge on any atom is -0.482 e. The largest absolute Gasteiger partial charge is 0.482 e. The first-order valence-corrected chi connectivity index (χ1v) is 6.96. The van der Waals surface area contributed by atoms with Gasteiger partial charge in [0.05, 0.1) is 11.4 Å². The van der Waals surface area contributed by atoms with Crippen LogP contribution in [0, 0.1) is 0 Å². The van der Waals surface area contributed by atoms with E-state index in [1.54, 1.807) is 0 Å². The second kappa shape index (κ2) is 4.77. The summed E-state index contributed by atoms with van der Waals surface area (Å²) < 4.78 is 7.33. The summed E-state index contributed by atoms with van der Waals surface area (Å²) in [5, 5.41) is 5.91. The van der Waals surface area contributed by atoms with E-state index < -0.39 is 0 Å². The maximum absolute atomic E-state index is 11.4. The standard InChI is InChI=1S/C16H14N4O2/c1-17-11-4-5-20-8-13(18-15(20)7-11)10-2-3-14-12(6-10)19-16(21)9-22-14/h2-8,17H,9H2,1H3,(H,19,21). The summed E-state index contributed by atoms with van der Waals surface area (Å²) in [7, 11) is 1.88. The third-order valence-corrected chi connectivity index (χ3v) is 3.66. The Hall–Kier alpha value is -3.02.